The number of nitrogens with zero attached hydrogens (tertiary/aromatic N) is 1. The normalized spacial score (nSPS) is 11.7. The first-order valence-corrected chi connectivity index (χ1v) is 13.5. The van der Waals surface area contributed by atoms with Gasteiger partial charge >= 0.3 is 12.1 Å². The number of rotatable bonds is 17. The van der Waals surface area contributed by atoms with E-state index in [1.807, 2.05) is 25.1 Å². The summed E-state index contributed by atoms with van der Waals surface area (Å²) >= 11 is 0. The number of aryl methyl sites for hydroxylation is 1. The van der Waals surface area contributed by atoms with Crippen molar-refractivity contribution in [3.63, 3.8) is 0 Å². The quantitative estimate of drug-likeness (QED) is 0.263. The van der Waals surface area contributed by atoms with Crippen molar-refractivity contribution in [2.24, 2.45) is 5.92 Å². The fourth-order valence-corrected chi connectivity index (χ4v) is 4.36. The van der Waals surface area contributed by atoms with E-state index in [1.165, 1.54) is 0 Å². The first kappa shape index (κ1) is 31.0. The van der Waals surface area contributed by atoms with Crippen molar-refractivity contribution < 1.29 is 33.6 Å². The number of ether oxygens (including phenoxy) is 4. The maximum Gasteiger partial charge on any atom is 0.415 e. The van der Waals surface area contributed by atoms with E-state index in [4.69, 9.17) is 18.9 Å². The monoisotopic (exact) mass is 529 g/mol. The van der Waals surface area contributed by atoms with E-state index in [9.17, 15) is 14.7 Å². The van der Waals surface area contributed by atoms with Gasteiger partial charge in [-0.3, -0.25) is 0 Å². The number of carboxylic acid groups (broad SMARTS) is 1. The van der Waals surface area contributed by atoms with Gasteiger partial charge in [0, 0.05) is 19.6 Å². The summed E-state index contributed by atoms with van der Waals surface area (Å²) in [5.41, 5.74) is 1.81. The lowest BCUT2D eigenvalue weighted by atomic mass is 9.98. The van der Waals surface area contributed by atoms with Gasteiger partial charge in [0.05, 0.1) is 13.7 Å². The first-order chi connectivity index (χ1) is 18.3. The molecule has 8 heteroatoms. The number of carbonyl (C=O) groups is 2. The molecule has 0 aliphatic carbocycles. The van der Waals surface area contributed by atoms with Gasteiger partial charge in [-0.05, 0) is 68.0 Å². The molecule has 0 heterocycles. The van der Waals surface area contributed by atoms with Crippen molar-refractivity contribution in [3.8, 4) is 17.2 Å². The summed E-state index contributed by atoms with van der Waals surface area (Å²) in [7, 11) is 1.55. The van der Waals surface area contributed by atoms with Gasteiger partial charge in [-0.25, -0.2) is 9.59 Å². The Morgan fingerprint density at radius 1 is 0.974 bits per heavy atom. The third-order valence-corrected chi connectivity index (χ3v) is 6.26. The Bertz CT molecular complexity index is 987. The molecule has 8 nitrogen and oxygen atoms in total. The average Bonchev–Trinajstić information content (AvgIpc) is 2.89. The lowest BCUT2D eigenvalue weighted by Gasteiger charge is -2.27. The van der Waals surface area contributed by atoms with Crippen LogP contribution in [0.25, 0.3) is 0 Å². The predicted octanol–water partition coefficient (Wildman–Crippen LogP) is 6.13. The molecule has 1 N–H and O–H groups in total. The van der Waals surface area contributed by atoms with Gasteiger partial charge in [0.25, 0.3) is 0 Å². The van der Waals surface area contributed by atoms with E-state index in [-0.39, 0.29) is 6.42 Å². The topological polar surface area (TPSA) is 94.5 Å². The fraction of sp³-hybridized carbons (Fsp3) is 0.533. The third kappa shape index (κ3) is 10.2. The molecule has 2 aromatic rings. The van der Waals surface area contributed by atoms with E-state index in [0.29, 0.717) is 49.5 Å². The van der Waals surface area contributed by atoms with Crippen LogP contribution in [0.4, 0.5) is 4.79 Å². The molecule has 0 aromatic heterocycles. The van der Waals surface area contributed by atoms with Crippen LogP contribution in [0, 0.1) is 12.8 Å². The van der Waals surface area contributed by atoms with Crippen molar-refractivity contribution in [2.45, 2.75) is 65.9 Å². The van der Waals surface area contributed by atoms with Crippen LogP contribution in [0.15, 0.2) is 42.5 Å². The lowest BCUT2D eigenvalue weighted by Crippen LogP contribution is -2.40. The first-order valence-electron chi connectivity index (χ1n) is 13.5. The SMILES string of the molecule is CCCC(CCC)CN(CCOc1ccc(CC(OCC)C(=O)O)cc1)C(=O)Oc1cc(C)ccc1OC. The lowest BCUT2D eigenvalue weighted by molar-refractivity contribution is -0.149. The van der Waals surface area contributed by atoms with Crippen LogP contribution in [0.2, 0.25) is 0 Å². The highest BCUT2D eigenvalue weighted by Gasteiger charge is 2.22. The molecule has 2 rings (SSSR count). The minimum Gasteiger partial charge on any atom is -0.493 e. The zero-order valence-corrected chi connectivity index (χ0v) is 23.4. The summed E-state index contributed by atoms with van der Waals surface area (Å²) < 4.78 is 22.4. The van der Waals surface area contributed by atoms with E-state index in [0.717, 1.165) is 36.8 Å². The van der Waals surface area contributed by atoms with Crippen molar-refractivity contribution in [1.29, 1.82) is 0 Å². The van der Waals surface area contributed by atoms with Crippen molar-refractivity contribution in [1.82, 2.24) is 4.90 Å². The van der Waals surface area contributed by atoms with E-state index >= 15 is 0 Å². The number of aliphatic carboxylic acids is 1. The van der Waals surface area contributed by atoms with E-state index in [2.05, 4.69) is 13.8 Å². The molecule has 210 valence electrons. The highest BCUT2D eigenvalue weighted by atomic mass is 16.6. The molecule has 38 heavy (non-hydrogen) atoms. The van der Waals surface area contributed by atoms with Gasteiger partial charge in [0.1, 0.15) is 12.4 Å². The van der Waals surface area contributed by atoms with Crippen LogP contribution in [-0.2, 0) is 16.0 Å². The van der Waals surface area contributed by atoms with Gasteiger partial charge in [-0.15, -0.1) is 0 Å². The van der Waals surface area contributed by atoms with Gasteiger partial charge in [-0.2, -0.15) is 0 Å². The highest BCUT2D eigenvalue weighted by molar-refractivity contribution is 5.73. The van der Waals surface area contributed by atoms with Crippen LogP contribution in [0.1, 0.15) is 57.6 Å². The Hall–Kier alpha value is -3.26. The zero-order chi connectivity index (χ0) is 27.9. The molecule has 1 atom stereocenters. The summed E-state index contributed by atoms with van der Waals surface area (Å²) in [4.78, 5) is 26.3. The van der Waals surface area contributed by atoms with Gasteiger partial charge in [-0.1, -0.05) is 44.9 Å². The average molecular weight is 530 g/mol. The standard InChI is InChI=1S/C30H43NO7/c1-6-9-24(10-7-2)21-31(30(34)38-27-19-22(4)11-16-26(27)35-5)17-18-37-25-14-12-23(13-15-25)20-28(29(32)33)36-8-3/h11-16,19,24,28H,6-10,17-18,20-21H2,1-5H3,(H,32,33). The second kappa shape index (κ2) is 16.6. The number of hydrogen-bond acceptors (Lipinski definition) is 6. The van der Waals surface area contributed by atoms with Gasteiger partial charge in [0.2, 0.25) is 0 Å². The van der Waals surface area contributed by atoms with Crippen LogP contribution in [-0.4, -0.2) is 61.6 Å². The molecule has 1 unspecified atom stereocenters. The fourth-order valence-electron chi connectivity index (χ4n) is 4.36. The Balaban J connectivity index is 2.06. The molecule has 1 amide bonds. The molecule has 0 saturated heterocycles. The number of methoxy groups -OCH3 is 1. The Morgan fingerprint density at radius 2 is 1.66 bits per heavy atom. The maximum atomic E-state index is 13.3. The largest absolute Gasteiger partial charge is 0.493 e. The molecule has 0 aliphatic heterocycles. The summed E-state index contributed by atoms with van der Waals surface area (Å²) in [6, 6.07) is 12.8. The number of amides is 1. The smallest absolute Gasteiger partial charge is 0.415 e. The molecule has 0 aliphatic rings. The van der Waals surface area contributed by atoms with Crippen LogP contribution >= 0.6 is 0 Å². The zero-order valence-electron chi connectivity index (χ0n) is 23.4. The predicted molar refractivity (Wildman–Crippen MR) is 147 cm³/mol. The van der Waals surface area contributed by atoms with Crippen molar-refractivity contribution in [2.75, 3.05) is 33.4 Å². The van der Waals surface area contributed by atoms with Gasteiger partial charge < -0.3 is 29.0 Å². The second-order valence-electron chi connectivity index (χ2n) is 9.39. The maximum absolute atomic E-state index is 13.3. The Kier molecular flexibility index (Phi) is 13.5. The van der Waals surface area contributed by atoms with E-state index < -0.39 is 18.2 Å². The third-order valence-electron chi connectivity index (χ3n) is 6.26. The molecule has 0 fully saturated rings. The number of benzene rings is 2. The van der Waals surface area contributed by atoms with Crippen LogP contribution in [0.5, 0.6) is 17.2 Å². The van der Waals surface area contributed by atoms with Crippen LogP contribution in [0.3, 0.4) is 0 Å². The molecule has 0 bridgehead atoms. The highest BCUT2D eigenvalue weighted by Crippen LogP contribution is 2.28. The molecule has 0 saturated carbocycles. The van der Waals surface area contributed by atoms with Crippen molar-refractivity contribution >= 4 is 12.1 Å². The molecule has 0 spiro atoms. The molecular weight excluding hydrogens is 486 g/mol. The second-order valence-corrected chi connectivity index (χ2v) is 9.39. The summed E-state index contributed by atoms with van der Waals surface area (Å²) in [6.07, 6.45) is 3.14. The van der Waals surface area contributed by atoms with Crippen molar-refractivity contribution in [3.05, 3.63) is 53.6 Å². The molecule has 2 aromatic carbocycles. The van der Waals surface area contributed by atoms with Crippen LogP contribution < -0.4 is 14.2 Å². The van der Waals surface area contributed by atoms with Gasteiger partial charge in [0.15, 0.2) is 17.6 Å². The number of carbonyl (C=O) groups excluding carboxylic acids is 1. The summed E-state index contributed by atoms with van der Waals surface area (Å²) in [6.45, 7) is 9.60. The summed E-state index contributed by atoms with van der Waals surface area (Å²) in [5.74, 6) is 0.946. The Labute approximate surface area is 226 Å². The van der Waals surface area contributed by atoms with E-state index in [1.54, 1.807) is 43.2 Å². The number of carboxylic acids is 1. The number of hydrogen-bond donors (Lipinski definition) is 1. The molecule has 0 radical (unpaired) electrons. The summed E-state index contributed by atoms with van der Waals surface area (Å²) in [5, 5.41) is 9.30. The minimum atomic E-state index is -0.980. The molecular formula is C30H43NO7. The Morgan fingerprint density at radius 3 is 2.24 bits per heavy atom. The minimum absolute atomic E-state index is 0.280.